The van der Waals surface area contributed by atoms with Gasteiger partial charge in [-0.25, -0.2) is 8.42 Å². The van der Waals surface area contributed by atoms with E-state index < -0.39 is 15.9 Å². The molecule has 0 atom stereocenters. The quantitative estimate of drug-likeness (QED) is 0.451. The maximum absolute atomic E-state index is 13.5. The van der Waals surface area contributed by atoms with Gasteiger partial charge >= 0.3 is 0 Å². The second-order valence-corrected chi connectivity index (χ2v) is 11.1. The predicted octanol–water partition coefficient (Wildman–Crippen LogP) is 4.28. The Bertz CT molecular complexity index is 1350. The molecule has 4 rings (SSSR count). The number of carbonyl (C=O) groups is 2. The van der Waals surface area contributed by atoms with Crippen LogP contribution in [0.15, 0.2) is 77.7 Å². The van der Waals surface area contributed by atoms with Gasteiger partial charge < -0.3 is 10.2 Å². The van der Waals surface area contributed by atoms with Gasteiger partial charge in [-0.1, -0.05) is 54.1 Å². The summed E-state index contributed by atoms with van der Waals surface area (Å²) in [7, 11) is -3.99. The van der Waals surface area contributed by atoms with E-state index in [0.717, 1.165) is 28.4 Å². The Morgan fingerprint density at radius 3 is 2.36 bits per heavy atom. The third-order valence-electron chi connectivity index (χ3n) is 6.10. The minimum atomic E-state index is -3.99. The van der Waals surface area contributed by atoms with E-state index in [2.05, 4.69) is 5.32 Å². The molecule has 1 heterocycles. The second-order valence-electron chi connectivity index (χ2n) is 8.77. The van der Waals surface area contributed by atoms with E-state index >= 15 is 0 Å². The third kappa shape index (κ3) is 6.06. The molecule has 0 bridgehead atoms. The number of halogens is 1. The van der Waals surface area contributed by atoms with Gasteiger partial charge in [0, 0.05) is 31.1 Å². The van der Waals surface area contributed by atoms with Crippen molar-refractivity contribution in [2.75, 3.05) is 17.4 Å². The molecule has 7 nitrogen and oxygen atoms in total. The van der Waals surface area contributed by atoms with Crippen LogP contribution in [0.25, 0.3) is 0 Å². The molecule has 3 aromatic carbocycles. The van der Waals surface area contributed by atoms with Crippen molar-refractivity contribution in [1.82, 2.24) is 10.2 Å². The highest BCUT2D eigenvalue weighted by atomic mass is 35.5. The largest absolute Gasteiger partial charge is 0.350 e. The maximum Gasteiger partial charge on any atom is 0.264 e. The van der Waals surface area contributed by atoms with Gasteiger partial charge in [-0.3, -0.25) is 13.9 Å². The van der Waals surface area contributed by atoms with E-state index in [9.17, 15) is 18.0 Å². The summed E-state index contributed by atoms with van der Waals surface area (Å²) in [4.78, 5) is 26.7. The first kappa shape index (κ1) is 25.7. The Kier molecular flexibility index (Phi) is 7.96. The van der Waals surface area contributed by atoms with Crippen LogP contribution in [0.5, 0.6) is 0 Å². The molecule has 1 aliphatic rings. The number of benzene rings is 3. The molecule has 1 N–H and O–H groups in total. The average molecular weight is 526 g/mol. The molecule has 0 aliphatic carbocycles. The Balaban J connectivity index is 1.46. The number of carbonyl (C=O) groups excluding carboxylic acids is 2. The lowest BCUT2D eigenvalue weighted by Gasteiger charge is -2.25. The van der Waals surface area contributed by atoms with Gasteiger partial charge in [0.25, 0.3) is 10.0 Å². The lowest BCUT2D eigenvalue weighted by Crippen LogP contribution is -2.41. The number of hydrogen-bond donors (Lipinski definition) is 1. The van der Waals surface area contributed by atoms with Crippen LogP contribution in [-0.4, -0.2) is 38.2 Å². The van der Waals surface area contributed by atoms with E-state index in [4.69, 9.17) is 11.6 Å². The minimum absolute atomic E-state index is 0.0965. The van der Waals surface area contributed by atoms with Crippen LogP contribution in [-0.2, 0) is 32.7 Å². The van der Waals surface area contributed by atoms with Crippen LogP contribution in [0.4, 0.5) is 5.69 Å². The van der Waals surface area contributed by atoms with Crippen molar-refractivity contribution >= 4 is 39.1 Å². The Hall–Kier alpha value is -3.36. The summed E-state index contributed by atoms with van der Waals surface area (Å²) in [6, 6.07) is 20.6. The number of nitrogens with zero attached hydrogens (tertiary/aromatic N) is 2. The van der Waals surface area contributed by atoms with Crippen molar-refractivity contribution in [1.29, 1.82) is 0 Å². The van der Waals surface area contributed by atoms with Crippen LogP contribution >= 0.6 is 11.6 Å². The zero-order chi connectivity index (χ0) is 25.7. The van der Waals surface area contributed by atoms with E-state index in [0.29, 0.717) is 29.2 Å². The second kappa shape index (κ2) is 11.1. The standard InChI is InChI=1S/C27H28ClN3O4S/c1-20-16-23(28)13-14-25(20)31(36(34,35)24-6-3-2-4-7-24)19-26(32)29-17-21-9-11-22(12-10-21)18-30-15-5-8-27(30)33/h2-4,6-7,9-14,16H,5,8,15,17-19H2,1H3,(H,29,32). The number of anilines is 1. The van der Waals surface area contributed by atoms with E-state index in [1.165, 1.54) is 12.1 Å². The molecule has 0 aromatic heterocycles. The number of amides is 2. The van der Waals surface area contributed by atoms with Crippen LogP contribution in [0.2, 0.25) is 5.02 Å². The molecule has 0 radical (unpaired) electrons. The summed E-state index contributed by atoms with van der Waals surface area (Å²) >= 11 is 6.08. The van der Waals surface area contributed by atoms with Crippen molar-refractivity contribution in [3.8, 4) is 0 Å². The molecule has 3 aromatic rings. The fourth-order valence-electron chi connectivity index (χ4n) is 4.16. The first-order valence-corrected chi connectivity index (χ1v) is 13.5. The summed E-state index contributed by atoms with van der Waals surface area (Å²) in [5, 5.41) is 3.30. The van der Waals surface area contributed by atoms with Gasteiger partial charge in [0.05, 0.1) is 10.6 Å². The highest BCUT2D eigenvalue weighted by Crippen LogP contribution is 2.28. The zero-order valence-corrected chi connectivity index (χ0v) is 21.6. The summed E-state index contributed by atoms with van der Waals surface area (Å²) < 4.78 is 28.0. The third-order valence-corrected chi connectivity index (χ3v) is 8.11. The van der Waals surface area contributed by atoms with Crippen LogP contribution < -0.4 is 9.62 Å². The van der Waals surface area contributed by atoms with Gasteiger partial charge in [0.2, 0.25) is 11.8 Å². The SMILES string of the molecule is Cc1cc(Cl)ccc1N(CC(=O)NCc1ccc(CN2CCCC2=O)cc1)S(=O)(=O)c1ccccc1. The number of hydrogen-bond acceptors (Lipinski definition) is 4. The molecule has 1 aliphatic heterocycles. The smallest absolute Gasteiger partial charge is 0.264 e. The lowest BCUT2D eigenvalue weighted by atomic mass is 10.1. The van der Waals surface area contributed by atoms with E-state index in [-0.39, 0.29) is 23.9 Å². The maximum atomic E-state index is 13.5. The topological polar surface area (TPSA) is 86.8 Å². The normalized spacial score (nSPS) is 13.6. The fourth-order valence-corrected chi connectivity index (χ4v) is 5.89. The van der Waals surface area contributed by atoms with E-state index in [1.807, 2.05) is 29.2 Å². The number of nitrogens with one attached hydrogen (secondary N) is 1. The Morgan fingerprint density at radius 2 is 1.72 bits per heavy atom. The molecule has 0 saturated carbocycles. The molecular weight excluding hydrogens is 498 g/mol. The number of likely N-dealkylation sites (tertiary alicyclic amines) is 1. The molecule has 0 unspecified atom stereocenters. The molecule has 2 amide bonds. The van der Waals surface area contributed by atoms with Crippen LogP contribution in [0, 0.1) is 6.92 Å². The van der Waals surface area contributed by atoms with Crippen LogP contribution in [0.1, 0.15) is 29.5 Å². The zero-order valence-electron chi connectivity index (χ0n) is 20.0. The first-order chi connectivity index (χ1) is 17.2. The van der Waals surface area contributed by atoms with Crippen molar-refractivity contribution in [3.05, 3.63) is 94.5 Å². The fraction of sp³-hybridized carbons (Fsp3) is 0.259. The Labute approximate surface area is 216 Å². The number of rotatable bonds is 9. The molecule has 36 heavy (non-hydrogen) atoms. The highest BCUT2D eigenvalue weighted by Gasteiger charge is 2.28. The van der Waals surface area contributed by atoms with Gasteiger partial charge in [0.1, 0.15) is 6.54 Å². The number of aryl methyl sites for hydroxylation is 1. The molecule has 1 saturated heterocycles. The van der Waals surface area contributed by atoms with Gasteiger partial charge in [-0.05, 0) is 60.4 Å². The molecule has 188 valence electrons. The van der Waals surface area contributed by atoms with Crippen molar-refractivity contribution < 1.29 is 18.0 Å². The summed E-state index contributed by atoms with van der Waals surface area (Å²) in [5.74, 6) is -0.257. The van der Waals surface area contributed by atoms with E-state index in [1.54, 1.807) is 43.3 Å². The molecule has 1 fully saturated rings. The Morgan fingerprint density at radius 1 is 1.03 bits per heavy atom. The van der Waals surface area contributed by atoms with Crippen LogP contribution in [0.3, 0.4) is 0 Å². The summed E-state index contributed by atoms with van der Waals surface area (Å²) in [6.07, 6.45) is 1.51. The van der Waals surface area contributed by atoms with Gasteiger partial charge in [-0.15, -0.1) is 0 Å². The molecular formula is C27H28ClN3O4S. The monoisotopic (exact) mass is 525 g/mol. The van der Waals surface area contributed by atoms with Gasteiger partial charge in [-0.2, -0.15) is 0 Å². The molecule has 0 spiro atoms. The first-order valence-electron chi connectivity index (χ1n) is 11.7. The molecule has 9 heteroatoms. The number of sulfonamides is 1. The predicted molar refractivity (Wildman–Crippen MR) is 140 cm³/mol. The van der Waals surface area contributed by atoms with Gasteiger partial charge in [0.15, 0.2) is 0 Å². The van der Waals surface area contributed by atoms with Crippen molar-refractivity contribution in [3.63, 3.8) is 0 Å². The highest BCUT2D eigenvalue weighted by molar-refractivity contribution is 7.92. The summed E-state index contributed by atoms with van der Waals surface area (Å²) in [5.41, 5.74) is 2.93. The lowest BCUT2D eigenvalue weighted by molar-refractivity contribution is -0.128. The van der Waals surface area contributed by atoms with Crippen molar-refractivity contribution in [2.24, 2.45) is 0 Å². The summed E-state index contributed by atoms with van der Waals surface area (Å²) in [6.45, 7) is 2.99. The van der Waals surface area contributed by atoms with Crippen molar-refractivity contribution in [2.45, 2.75) is 37.8 Å². The minimum Gasteiger partial charge on any atom is -0.350 e. The average Bonchev–Trinajstić information content (AvgIpc) is 3.27.